The van der Waals surface area contributed by atoms with Gasteiger partial charge < -0.3 is 15.5 Å². The first-order valence-electron chi connectivity index (χ1n) is 9.14. The minimum atomic E-state index is -0.107. The average molecular weight is 396 g/mol. The highest BCUT2D eigenvalue weighted by Gasteiger charge is 2.37. The number of anilines is 1. The number of thiophene rings is 1. The third-order valence-electron chi connectivity index (χ3n) is 5.56. The molecule has 2 aliphatic heterocycles. The Morgan fingerprint density at radius 3 is 2.92 bits per heavy atom. The number of halogens is 1. The lowest BCUT2D eigenvalue weighted by Crippen LogP contribution is -2.51. The van der Waals surface area contributed by atoms with E-state index in [1.165, 1.54) is 0 Å². The van der Waals surface area contributed by atoms with Crippen molar-refractivity contribution in [3.8, 4) is 0 Å². The van der Waals surface area contributed by atoms with E-state index in [0.29, 0.717) is 5.92 Å². The molecule has 6 nitrogen and oxygen atoms in total. The summed E-state index contributed by atoms with van der Waals surface area (Å²) in [6, 6.07) is 2.09. The van der Waals surface area contributed by atoms with Crippen molar-refractivity contribution >= 4 is 45.7 Å². The van der Waals surface area contributed by atoms with Crippen LogP contribution in [-0.2, 0) is 4.79 Å². The van der Waals surface area contributed by atoms with Crippen LogP contribution in [0.2, 0.25) is 0 Å². The van der Waals surface area contributed by atoms with Crippen molar-refractivity contribution in [3.63, 3.8) is 0 Å². The molecule has 0 aromatic carbocycles. The molecule has 4 heterocycles. The van der Waals surface area contributed by atoms with Gasteiger partial charge in [-0.05, 0) is 50.0 Å². The molecule has 8 heteroatoms. The Bertz CT molecular complexity index is 767. The number of nitrogens with zero attached hydrogens (tertiary/aromatic N) is 4. The zero-order valence-electron chi connectivity index (χ0n) is 15.0. The summed E-state index contributed by atoms with van der Waals surface area (Å²) in [5.41, 5.74) is 6.09. The number of fused-ring (bicyclic) bond motifs is 1. The molecule has 1 amide bonds. The van der Waals surface area contributed by atoms with Gasteiger partial charge in [0.1, 0.15) is 23.0 Å². The lowest BCUT2D eigenvalue weighted by Gasteiger charge is -2.37. The number of carbonyl (C=O) groups is 1. The molecule has 2 aliphatic rings. The quantitative estimate of drug-likeness (QED) is 0.864. The number of carbonyl (C=O) groups excluding carboxylic acids is 1. The van der Waals surface area contributed by atoms with E-state index in [1.54, 1.807) is 17.7 Å². The van der Waals surface area contributed by atoms with Gasteiger partial charge in [-0.2, -0.15) is 0 Å². The fourth-order valence-corrected chi connectivity index (χ4v) is 4.86. The molecule has 0 saturated carbocycles. The summed E-state index contributed by atoms with van der Waals surface area (Å²) in [6.07, 6.45) is 5.70. The Kier molecular flexibility index (Phi) is 5.99. The number of nitrogens with two attached hydrogens (primary N) is 1. The third-order valence-corrected chi connectivity index (χ3v) is 6.38. The van der Waals surface area contributed by atoms with Gasteiger partial charge in [-0.15, -0.1) is 23.7 Å². The van der Waals surface area contributed by atoms with Crippen molar-refractivity contribution in [1.29, 1.82) is 0 Å². The van der Waals surface area contributed by atoms with Gasteiger partial charge in [0.2, 0.25) is 5.91 Å². The van der Waals surface area contributed by atoms with Gasteiger partial charge >= 0.3 is 0 Å². The predicted molar refractivity (Wildman–Crippen MR) is 108 cm³/mol. The fraction of sp³-hybridized carbons (Fsp3) is 0.611. The molecular formula is C18H26ClN5OS. The number of hydrogen-bond donors (Lipinski definition) is 1. The van der Waals surface area contributed by atoms with Gasteiger partial charge in [0.15, 0.2) is 0 Å². The SMILES string of the molecule is CC(N)C1CCCN(C(=O)C2CCCN2c2ncnc3sccc23)C1.Cl. The monoisotopic (exact) mass is 395 g/mol. The second kappa shape index (κ2) is 8.06. The average Bonchev–Trinajstić information content (AvgIpc) is 3.30. The predicted octanol–water partition coefficient (Wildman–Crippen LogP) is 2.67. The smallest absolute Gasteiger partial charge is 0.245 e. The second-order valence-electron chi connectivity index (χ2n) is 7.23. The molecule has 3 atom stereocenters. The van der Waals surface area contributed by atoms with E-state index in [2.05, 4.69) is 27.9 Å². The van der Waals surface area contributed by atoms with Crippen molar-refractivity contribution in [2.75, 3.05) is 24.5 Å². The highest BCUT2D eigenvalue weighted by molar-refractivity contribution is 7.16. The summed E-state index contributed by atoms with van der Waals surface area (Å²) in [7, 11) is 0. The summed E-state index contributed by atoms with van der Waals surface area (Å²) < 4.78 is 0. The Balaban J connectivity index is 0.00000196. The van der Waals surface area contributed by atoms with Gasteiger partial charge in [0.05, 0.1) is 5.39 Å². The topological polar surface area (TPSA) is 75.3 Å². The molecule has 0 spiro atoms. The Hall–Kier alpha value is -1.44. The zero-order valence-corrected chi connectivity index (χ0v) is 16.6. The molecule has 0 bridgehead atoms. The molecule has 26 heavy (non-hydrogen) atoms. The fourth-order valence-electron chi connectivity index (χ4n) is 4.13. The van der Waals surface area contributed by atoms with E-state index in [-0.39, 0.29) is 30.4 Å². The highest BCUT2D eigenvalue weighted by atomic mass is 35.5. The van der Waals surface area contributed by atoms with E-state index in [4.69, 9.17) is 5.73 Å². The van der Waals surface area contributed by atoms with Gasteiger partial charge in [-0.25, -0.2) is 9.97 Å². The minimum absolute atomic E-state index is 0. The Labute approximate surface area is 164 Å². The van der Waals surface area contributed by atoms with Crippen LogP contribution in [0, 0.1) is 5.92 Å². The highest BCUT2D eigenvalue weighted by Crippen LogP contribution is 2.33. The molecule has 0 aliphatic carbocycles. The number of likely N-dealkylation sites (tertiary alicyclic amines) is 1. The zero-order chi connectivity index (χ0) is 17.4. The van der Waals surface area contributed by atoms with Crippen LogP contribution in [0.15, 0.2) is 17.8 Å². The maximum absolute atomic E-state index is 13.2. The van der Waals surface area contributed by atoms with Crippen LogP contribution < -0.4 is 10.6 Å². The summed E-state index contributed by atoms with van der Waals surface area (Å²) in [5, 5.41) is 3.09. The molecule has 4 rings (SSSR count). The van der Waals surface area contributed by atoms with E-state index in [1.807, 2.05) is 10.3 Å². The van der Waals surface area contributed by atoms with E-state index in [0.717, 1.165) is 61.4 Å². The van der Waals surface area contributed by atoms with Crippen LogP contribution in [0.5, 0.6) is 0 Å². The largest absolute Gasteiger partial charge is 0.344 e. The Morgan fingerprint density at radius 1 is 1.31 bits per heavy atom. The van der Waals surface area contributed by atoms with Gasteiger partial charge in [-0.1, -0.05) is 0 Å². The lowest BCUT2D eigenvalue weighted by molar-refractivity contribution is -0.134. The number of piperidine rings is 1. The molecule has 2 fully saturated rings. The summed E-state index contributed by atoms with van der Waals surface area (Å²) in [6.45, 7) is 4.57. The first-order chi connectivity index (χ1) is 12.1. The van der Waals surface area contributed by atoms with Crippen LogP contribution in [0.1, 0.15) is 32.6 Å². The van der Waals surface area contributed by atoms with Gasteiger partial charge in [0, 0.05) is 25.7 Å². The van der Waals surface area contributed by atoms with Gasteiger partial charge in [0.25, 0.3) is 0 Å². The van der Waals surface area contributed by atoms with Crippen LogP contribution in [0.4, 0.5) is 5.82 Å². The molecule has 2 N–H and O–H groups in total. The van der Waals surface area contributed by atoms with E-state index < -0.39 is 0 Å². The molecule has 0 radical (unpaired) electrons. The standard InChI is InChI=1S/C18H25N5OS.ClH/c1-12(19)13-4-2-7-22(10-13)18(24)15-5-3-8-23(15)16-14-6-9-25-17(14)21-11-20-16;/h6,9,11-13,15H,2-5,7-8,10,19H2,1H3;1H. The Morgan fingerprint density at radius 2 is 2.12 bits per heavy atom. The number of amides is 1. The van der Waals surface area contributed by atoms with Gasteiger partial charge in [-0.3, -0.25) is 4.79 Å². The molecule has 2 aromatic rings. The summed E-state index contributed by atoms with van der Waals surface area (Å²) in [4.78, 5) is 27.3. The number of rotatable bonds is 3. The van der Waals surface area contributed by atoms with Crippen molar-refractivity contribution in [2.45, 2.75) is 44.7 Å². The van der Waals surface area contributed by atoms with Crippen molar-refractivity contribution < 1.29 is 4.79 Å². The van der Waals surface area contributed by atoms with E-state index in [9.17, 15) is 4.79 Å². The number of hydrogen-bond acceptors (Lipinski definition) is 6. The van der Waals surface area contributed by atoms with Crippen LogP contribution in [0.3, 0.4) is 0 Å². The van der Waals surface area contributed by atoms with Crippen molar-refractivity contribution in [1.82, 2.24) is 14.9 Å². The normalized spacial score (nSPS) is 24.5. The molecule has 2 aromatic heterocycles. The first kappa shape index (κ1) is 19.3. The van der Waals surface area contributed by atoms with E-state index >= 15 is 0 Å². The van der Waals surface area contributed by atoms with Crippen molar-refractivity contribution in [2.24, 2.45) is 11.7 Å². The maximum Gasteiger partial charge on any atom is 0.245 e. The molecular weight excluding hydrogens is 370 g/mol. The molecule has 142 valence electrons. The molecule has 3 unspecified atom stereocenters. The third kappa shape index (κ3) is 3.52. The summed E-state index contributed by atoms with van der Waals surface area (Å²) >= 11 is 1.61. The maximum atomic E-state index is 13.2. The molecule has 2 saturated heterocycles. The summed E-state index contributed by atoms with van der Waals surface area (Å²) in [5.74, 6) is 1.56. The lowest BCUT2D eigenvalue weighted by atomic mass is 9.91. The van der Waals surface area contributed by atoms with Crippen LogP contribution in [0.25, 0.3) is 10.2 Å². The number of aromatic nitrogens is 2. The second-order valence-corrected chi connectivity index (χ2v) is 8.13. The first-order valence-corrected chi connectivity index (χ1v) is 10.0. The van der Waals surface area contributed by atoms with Crippen LogP contribution >= 0.6 is 23.7 Å². The van der Waals surface area contributed by atoms with Crippen molar-refractivity contribution in [3.05, 3.63) is 17.8 Å². The minimum Gasteiger partial charge on any atom is -0.344 e. The van der Waals surface area contributed by atoms with Crippen LogP contribution in [-0.4, -0.2) is 52.5 Å².